The van der Waals surface area contributed by atoms with Gasteiger partial charge in [0, 0.05) is 25.6 Å². The second kappa shape index (κ2) is 11.8. The minimum absolute atomic E-state index is 0. The number of carbonyl (C=O) groups excluding carboxylic acids is 1. The summed E-state index contributed by atoms with van der Waals surface area (Å²) >= 11 is 0. The van der Waals surface area contributed by atoms with E-state index in [9.17, 15) is 13.6 Å². The number of primary amides is 1. The molecule has 1 unspecified atom stereocenters. The van der Waals surface area contributed by atoms with Crippen LogP contribution in [-0.4, -0.2) is 32.0 Å². The van der Waals surface area contributed by atoms with Crippen LogP contribution in [0.5, 0.6) is 0 Å². The summed E-state index contributed by atoms with van der Waals surface area (Å²) in [4.78, 5) is 16.0. The van der Waals surface area contributed by atoms with Crippen LogP contribution < -0.4 is 16.4 Å². The average Bonchev–Trinajstić information content (AvgIpc) is 2.68. The van der Waals surface area contributed by atoms with Crippen LogP contribution in [0.1, 0.15) is 25.0 Å². The van der Waals surface area contributed by atoms with Crippen LogP contribution in [-0.2, 0) is 16.6 Å². The lowest BCUT2D eigenvalue weighted by atomic mass is 9.84. The molecule has 2 rings (SSSR count). The highest BCUT2D eigenvalue weighted by atomic mass is 127. The molecule has 2 aromatic rings. The van der Waals surface area contributed by atoms with Crippen LogP contribution >= 0.6 is 24.0 Å². The van der Waals surface area contributed by atoms with Crippen molar-refractivity contribution in [1.29, 1.82) is 0 Å². The summed E-state index contributed by atoms with van der Waals surface area (Å²) in [6.45, 7) is 4.80. The third kappa shape index (κ3) is 7.89. The number of hydrogen-bond acceptors (Lipinski definition) is 2. The summed E-state index contributed by atoms with van der Waals surface area (Å²) in [6, 6.07) is 12.5. The molecule has 0 aliphatic heterocycles. The Morgan fingerprint density at radius 1 is 1.10 bits per heavy atom. The number of amides is 1. The average molecular weight is 530 g/mol. The molecule has 0 saturated carbocycles. The molecule has 0 aliphatic carbocycles. The number of rotatable bonds is 8. The quantitative estimate of drug-likeness (QED) is 0.278. The van der Waals surface area contributed by atoms with Crippen LogP contribution in [0.15, 0.2) is 53.5 Å². The van der Waals surface area contributed by atoms with Crippen molar-refractivity contribution in [2.75, 3.05) is 20.1 Å². The number of guanidine groups is 1. The van der Waals surface area contributed by atoms with E-state index in [0.29, 0.717) is 18.9 Å². The molecule has 2 aromatic carbocycles. The van der Waals surface area contributed by atoms with E-state index in [2.05, 4.69) is 15.6 Å². The number of carbonyl (C=O) groups is 1. The molecule has 4 N–H and O–H groups in total. The zero-order valence-electron chi connectivity index (χ0n) is 17.4. The lowest BCUT2D eigenvalue weighted by molar-refractivity contribution is -0.121. The van der Waals surface area contributed by atoms with Crippen molar-refractivity contribution < 1.29 is 13.6 Å². The molecule has 8 heteroatoms. The molecule has 30 heavy (non-hydrogen) atoms. The first kappa shape index (κ1) is 25.8. The van der Waals surface area contributed by atoms with Crippen LogP contribution in [0.2, 0.25) is 0 Å². The van der Waals surface area contributed by atoms with Gasteiger partial charge in [0.05, 0.1) is 5.92 Å². The monoisotopic (exact) mass is 530 g/mol. The Morgan fingerprint density at radius 3 is 2.33 bits per heavy atom. The molecule has 0 aliphatic rings. The highest BCUT2D eigenvalue weighted by Gasteiger charge is 2.22. The van der Waals surface area contributed by atoms with Crippen LogP contribution in [0.4, 0.5) is 8.78 Å². The summed E-state index contributed by atoms with van der Waals surface area (Å²) in [5, 5.41) is 6.32. The van der Waals surface area contributed by atoms with Gasteiger partial charge in [0.15, 0.2) is 5.96 Å². The van der Waals surface area contributed by atoms with Gasteiger partial charge in [-0.2, -0.15) is 0 Å². The SMILES string of the molecule is CN=C(NCC(Cc1ccc(F)cc1)C(N)=O)NCC(C)(C)c1cccc(F)c1.I. The lowest BCUT2D eigenvalue weighted by Gasteiger charge is -2.27. The summed E-state index contributed by atoms with van der Waals surface area (Å²) in [5.74, 6) is -1.01. The second-order valence-corrected chi connectivity index (χ2v) is 7.63. The highest BCUT2D eigenvalue weighted by molar-refractivity contribution is 14.0. The number of nitrogens with one attached hydrogen (secondary N) is 2. The van der Waals surface area contributed by atoms with Gasteiger partial charge in [-0.3, -0.25) is 9.79 Å². The fourth-order valence-corrected chi connectivity index (χ4v) is 2.94. The first-order valence-corrected chi connectivity index (χ1v) is 9.45. The predicted molar refractivity (Wildman–Crippen MR) is 127 cm³/mol. The maximum Gasteiger partial charge on any atom is 0.222 e. The maximum absolute atomic E-state index is 13.5. The Labute approximate surface area is 193 Å². The molecule has 0 radical (unpaired) electrons. The normalized spacial score (nSPS) is 12.6. The summed E-state index contributed by atoms with van der Waals surface area (Å²) < 4.78 is 26.6. The van der Waals surface area contributed by atoms with E-state index < -0.39 is 11.8 Å². The molecule has 0 fully saturated rings. The van der Waals surface area contributed by atoms with E-state index in [1.54, 1.807) is 25.2 Å². The Bertz CT molecular complexity index is 856. The topological polar surface area (TPSA) is 79.5 Å². The molecular formula is C22H29F2IN4O. The predicted octanol–water partition coefficient (Wildman–Crippen LogP) is 3.37. The van der Waals surface area contributed by atoms with Gasteiger partial charge in [0.25, 0.3) is 0 Å². The number of benzene rings is 2. The van der Waals surface area contributed by atoms with E-state index >= 15 is 0 Å². The van der Waals surface area contributed by atoms with E-state index in [1.807, 2.05) is 19.9 Å². The second-order valence-electron chi connectivity index (χ2n) is 7.63. The first-order valence-electron chi connectivity index (χ1n) is 9.45. The van der Waals surface area contributed by atoms with Crippen molar-refractivity contribution in [3.63, 3.8) is 0 Å². The van der Waals surface area contributed by atoms with E-state index in [0.717, 1.165) is 11.1 Å². The molecule has 0 heterocycles. The number of hydrogen-bond donors (Lipinski definition) is 3. The van der Waals surface area contributed by atoms with Gasteiger partial charge in [-0.05, 0) is 41.8 Å². The van der Waals surface area contributed by atoms with Gasteiger partial charge >= 0.3 is 0 Å². The number of aliphatic imine (C=N–C) groups is 1. The van der Waals surface area contributed by atoms with Gasteiger partial charge in [0.2, 0.25) is 5.91 Å². The molecule has 164 valence electrons. The molecule has 0 aromatic heterocycles. The zero-order chi connectivity index (χ0) is 21.4. The number of halogens is 3. The van der Waals surface area contributed by atoms with Gasteiger partial charge in [-0.25, -0.2) is 8.78 Å². The fraction of sp³-hybridized carbons (Fsp3) is 0.364. The van der Waals surface area contributed by atoms with Gasteiger partial charge in [-0.1, -0.05) is 38.1 Å². The van der Waals surface area contributed by atoms with Gasteiger partial charge < -0.3 is 16.4 Å². The molecule has 0 bridgehead atoms. The van der Waals surface area contributed by atoms with Crippen LogP contribution in [0.3, 0.4) is 0 Å². The molecule has 1 atom stereocenters. The zero-order valence-corrected chi connectivity index (χ0v) is 19.7. The third-order valence-electron chi connectivity index (χ3n) is 4.84. The standard InChI is InChI=1S/C22H28F2N4O.HI/c1-22(2,17-5-4-6-19(24)12-17)14-28-21(26-3)27-13-16(20(25)29)11-15-7-9-18(23)10-8-15;/h4-10,12,16H,11,13-14H2,1-3H3,(H2,25,29)(H2,26,27,28);1H. The number of nitrogens with zero attached hydrogens (tertiary/aromatic N) is 1. The largest absolute Gasteiger partial charge is 0.369 e. The Balaban J connectivity index is 0.00000450. The van der Waals surface area contributed by atoms with Crippen molar-refractivity contribution in [1.82, 2.24) is 10.6 Å². The van der Waals surface area contributed by atoms with E-state index in [1.165, 1.54) is 24.3 Å². The minimum atomic E-state index is -0.477. The summed E-state index contributed by atoms with van der Waals surface area (Å²) in [7, 11) is 1.63. The minimum Gasteiger partial charge on any atom is -0.369 e. The molecule has 5 nitrogen and oxygen atoms in total. The van der Waals surface area contributed by atoms with E-state index in [4.69, 9.17) is 5.73 Å². The van der Waals surface area contributed by atoms with Gasteiger partial charge in [0.1, 0.15) is 11.6 Å². The van der Waals surface area contributed by atoms with E-state index in [-0.39, 0.29) is 47.6 Å². The Morgan fingerprint density at radius 2 is 1.77 bits per heavy atom. The first-order chi connectivity index (χ1) is 13.7. The Hall–Kier alpha value is -2.23. The molecular weight excluding hydrogens is 501 g/mol. The van der Waals surface area contributed by atoms with Crippen molar-refractivity contribution in [3.8, 4) is 0 Å². The maximum atomic E-state index is 13.5. The van der Waals surface area contributed by atoms with Crippen molar-refractivity contribution in [2.24, 2.45) is 16.6 Å². The fourth-order valence-electron chi connectivity index (χ4n) is 2.94. The summed E-state index contributed by atoms with van der Waals surface area (Å²) in [6.07, 6.45) is 0.397. The summed E-state index contributed by atoms with van der Waals surface area (Å²) in [5.41, 5.74) is 6.88. The van der Waals surface area contributed by atoms with Crippen LogP contribution in [0.25, 0.3) is 0 Å². The van der Waals surface area contributed by atoms with Crippen molar-refractivity contribution in [2.45, 2.75) is 25.7 Å². The third-order valence-corrected chi connectivity index (χ3v) is 4.84. The van der Waals surface area contributed by atoms with Crippen LogP contribution in [0, 0.1) is 17.6 Å². The smallest absolute Gasteiger partial charge is 0.222 e. The lowest BCUT2D eigenvalue weighted by Crippen LogP contribution is -2.46. The van der Waals surface area contributed by atoms with Crippen molar-refractivity contribution in [3.05, 3.63) is 71.3 Å². The number of nitrogens with two attached hydrogens (primary N) is 1. The molecule has 0 spiro atoms. The highest BCUT2D eigenvalue weighted by Crippen LogP contribution is 2.22. The van der Waals surface area contributed by atoms with Gasteiger partial charge in [-0.15, -0.1) is 24.0 Å². The molecule has 1 amide bonds. The van der Waals surface area contributed by atoms with Crippen molar-refractivity contribution >= 4 is 35.8 Å². The Kier molecular flexibility index (Phi) is 10.2. The molecule has 0 saturated heterocycles.